The van der Waals surface area contributed by atoms with Crippen LogP contribution in [0.25, 0.3) is 10.2 Å². The second-order valence-electron chi connectivity index (χ2n) is 10.6. The van der Waals surface area contributed by atoms with Crippen molar-refractivity contribution in [3.05, 3.63) is 40.8 Å². The molecular weight excluding hydrogens is 480 g/mol. The van der Waals surface area contributed by atoms with Crippen molar-refractivity contribution in [1.29, 1.82) is 0 Å². The lowest BCUT2D eigenvalue weighted by Crippen LogP contribution is -2.36. The summed E-state index contributed by atoms with van der Waals surface area (Å²) in [6.07, 6.45) is 4.27. The lowest BCUT2D eigenvalue weighted by molar-refractivity contribution is 0.0571. The molecule has 0 fully saturated rings. The van der Waals surface area contributed by atoms with Crippen molar-refractivity contribution in [2.75, 3.05) is 4.90 Å². The molecule has 194 valence electrons. The first-order valence-corrected chi connectivity index (χ1v) is 12.6. The van der Waals surface area contributed by atoms with Crippen molar-refractivity contribution in [1.82, 2.24) is 10.2 Å². The van der Waals surface area contributed by atoms with Crippen molar-refractivity contribution in [2.24, 2.45) is 10.9 Å². The molecule has 0 aliphatic rings. The molecule has 0 N–H and O–H groups in total. The number of hydrogen-bond donors (Lipinski definition) is 0. The van der Waals surface area contributed by atoms with Crippen LogP contribution in [0.4, 0.5) is 15.3 Å². The van der Waals surface area contributed by atoms with Gasteiger partial charge in [-0.3, -0.25) is 4.90 Å². The Morgan fingerprint density at radius 2 is 1.89 bits per heavy atom. The molecule has 0 aromatic carbocycles. The van der Waals surface area contributed by atoms with Crippen molar-refractivity contribution in [3.8, 4) is 0 Å². The van der Waals surface area contributed by atoms with E-state index in [9.17, 15) is 9.59 Å². The van der Waals surface area contributed by atoms with Gasteiger partial charge in [0.2, 0.25) is 0 Å². The maximum Gasteiger partial charge on any atom is 0.433 e. The molecule has 3 aromatic heterocycles. The Balaban J connectivity index is 1.91. The van der Waals surface area contributed by atoms with Crippen molar-refractivity contribution in [3.63, 3.8) is 0 Å². The highest BCUT2D eigenvalue weighted by Crippen LogP contribution is 2.37. The highest BCUT2D eigenvalue weighted by Gasteiger charge is 2.28. The Labute approximate surface area is 215 Å². The van der Waals surface area contributed by atoms with Gasteiger partial charge in [-0.2, -0.15) is 10.1 Å². The van der Waals surface area contributed by atoms with E-state index in [1.54, 1.807) is 51.6 Å². The number of furan rings is 1. The molecular formula is C26H34N4O5S. The number of hydrogen-bond acceptors (Lipinski definition) is 8. The van der Waals surface area contributed by atoms with Gasteiger partial charge < -0.3 is 13.9 Å². The fourth-order valence-electron chi connectivity index (χ4n) is 3.38. The van der Waals surface area contributed by atoms with Crippen LogP contribution in [0.5, 0.6) is 0 Å². The Kier molecular flexibility index (Phi) is 8.18. The number of nitrogens with zero attached hydrogens (tertiary/aromatic N) is 4. The van der Waals surface area contributed by atoms with Crippen LogP contribution in [-0.4, -0.2) is 39.8 Å². The number of amides is 2. The summed E-state index contributed by atoms with van der Waals surface area (Å²) in [5, 5.41) is 8.53. The van der Waals surface area contributed by atoms with Crippen LogP contribution in [0.1, 0.15) is 64.7 Å². The zero-order valence-corrected chi connectivity index (χ0v) is 22.9. The molecule has 0 bridgehead atoms. The fraction of sp³-hybridized carbons (Fsp3) is 0.500. The predicted octanol–water partition coefficient (Wildman–Crippen LogP) is 6.72. The SMILES string of the molecule is Cc1c(C[C@H](C)/C=N/C(=O)OC(C)(C)C)sc2c(N(Cc3ccco3)C(=O)OC(C)(C)C)cnnc12. The van der Waals surface area contributed by atoms with Crippen LogP contribution in [0, 0.1) is 12.8 Å². The molecule has 10 heteroatoms. The number of aliphatic imine (C=N–C) groups is 1. The standard InChI is InChI=1S/C26H34N4O5S/c1-16(13-27-23(31)34-25(3,4)5)12-20-17(2)21-22(36-20)19(14-28-29-21)30(15-18-10-9-11-33-18)24(32)35-26(6,7)8/h9-11,13-14,16H,12,15H2,1-8H3/b27-13+/t16-/m0/s1. The van der Waals surface area contributed by atoms with E-state index in [0.717, 1.165) is 20.7 Å². The van der Waals surface area contributed by atoms with E-state index in [-0.39, 0.29) is 12.5 Å². The number of rotatable bonds is 6. The molecule has 0 unspecified atom stereocenters. The number of carbonyl (C=O) groups is 2. The van der Waals surface area contributed by atoms with E-state index in [1.165, 1.54) is 16.2 Å². The summed E-state index contributed by atoms with van der Waals surface area (Å²) in [6, 6.07) is 3.58. The minimum absolute atomic E-state index is 0.0224. The zero-order valence-electron chi connectivity index (χ0n) is 22.1. The summed E-state index contributed by atoms with van der Waals surface area (Å²) in [5.41, 5.74) is 1.03. The van der Waals surface area contributed by atoms with E-state index < -0.39 is 23.4 Å². The second kappa shape index (κ2) is 10.8. The molecule has 3 aromatic rings. The van der Waals surface area contributed by atoms with E-state index >= 15 is 0 Å². The van der Waals surface area contributed by atoms with Gasteiger partial charge in [0.05, 0.1) is 29.4 Å². The monoisotopic (exact) mass is 514 g/mol. The normalized spacial score (nSPS) is 13.2. The van der Waals surface area contributed by atoms with Crippen LogP contribution in [0.15, 0.2) is 34.0 Å². The van der Waals surface area contributed by atoms with E-state index in [2.05, 4.69) is 15.2 Å². The van der Waals surface area contributed by atoms with E-state index in [0.29, 0.717) is 17.9 Å². The van der Waals surface area contributed by atoms with Crippen LogP contribution in [-0.2, 0) is 22.4 Å². The number of ether oxygens (including phenoxy) is 2. The summed E-state index contributed by atoms with van der Waals surface area (Å²) in [5.74, 6) is 0.595. The van der Waals surface area contributed by atoms with Gasteiger partial charge in [-0.1, -0.05) is 6.92 Å². The quantitative estimate of drug-likeness (QED) is 0.336. The van der Waals surface area contributed by atoms with Crippen molar-refractivity contribution in [2.45, 2.75) is 79.6 Å². The molecule has 9 nitrogen and oxygen atoms in total. The van der Waals surface area contributed by atoms with Crippen LogP contribution in [0.2, 0.25) is 0 Å². The molecule has 2 amide bonds. The fourth-order valence-corrected chi connectivity index (χ4v) is 4.78. The lowest BCUT2D eigenvalue weighted by Gasteiger charge is -2.27. The molecule has 0 saturated carbocycles. The van der Waals surface area contributed by atoms with Gasteiger partial charge in [0.15, 0.2) is 0 Å². The first-order valence-electron chi connectivity index (χ1n) is 11.8. The maximum atomic E-state index is 13.2. The Hall–Kier alpha value is -3.27. The molecule has 0 aliphatic carbocycles. The Bertz CT molecular complexity index is 1240. The summed E-state index contributed by atoms with van der Waals surface area (Å²) in [6.45, 7) is 15.0. The number of fused-ring (bicyclic) bond motifs is 1. The highest BCUT2D eigenvalue weighted by atomic mass is 32.1. The van der Waals surface area contributed by atoms with E-state index in [1.807, 2.05) is 34.6 Å². The molecule has 3 rings (SSSR count). The molecule has 3 heterocycles. The number of thiophene rings is 1. The number of anilines is 1. The summed E-state index contributed by atoms with van der Waals surface area (Å²) in [7, 11) is 0. The maximum absolute atomic E-state index is 13.2. The molecule has 36 heavy (non-hydrogen) atoms. The minimum atomic E-state index is -0.669. The van der Waals surface area contributed by atoms with Gasteiger partial charge in [-0.15, -0.1) is 16.4 Å². The minimum Gasteiger partial charge on any atom is -0.467 e. The van der Waals surface area contributed by atoms with Gasteiger partial charge in [-0.05, 0) is 78.5 Å². The summed E-state index contributed by atoms with van der Waals surface area (Å²) < 4.78 is 17.3. The van der Waals surface area contributed by atoms with Crippen LogP contribution in [0.3, 0.4) is 0 Å². The molecule has 0 spiro atoms. The third-order valence-corrected chi connectivity index (χ3v) is 6.24. The molecule has 1 atom stereocenters. The second-order valence-corrected chi connectivity index (χ2v) is 11.7. The third kappa shape index (κ3) is 7.36. The Morgan fingerprint density at radius 1 is 1.19 bits per heavy atom. The first-order chi connectivity index (χ1) is 16.7. The summed E-state index contributed by atoms with van der Waals surface area (Å²) >= 11 is 1.54. The Morgan fingerprint density at radius 3 is 2.50 bits per heavy atom. The van der Waals surface area contributed by atoms with Crippen molar-refractivity contribution < 1.29 is 23.5 Å². The van der Waals surface area contributed by atoms with Gasteiger partial charge in [0.1, 0.15) is 22.5 Å². The van der Waals surface area contributed by atoms with Gasteiger partial charge in [0, 0.05) is 11.1 Å². The summed E-state index contributed by atoms with van der Waals surface area (Å²) in [4.78, 5) is 31.7. The lowest BCUT2D eigenvalue weighted by atomic mass is 10.1. The van der Waals surface area contributed by atoms with Crippen molar-refractivity contribution >= 4 is 45.6 Å². The average Bonchev–Trinajstić information content (AvgIpc) is 3.36. The highest BCUT2D eigenvalue weighted by molar-refractivity contribution is 7.19. The third-order valence-electron chi connectivity index (χ3n) is 4.92. The van der Waals surface area contributed by atoms with Gasteiger partial charge in [0.25, 0.3) is 0 Å². The van der Waals surface area contributed by atoms with E-state index in [4.69, 9.17) is 13.9 Å². The smallest absolute Gasteiger partial charge is 0.433 e. The van der Waals surface area contributed by atoms with Gasteiger partial charge in [-0.25, -0.2) is 9.59 Å². The average molecular weight is 515 g/mol. The molecule has 0 aliphatic heterocycles. The van der Waals surface area contributed by atoms with Crippen LogP contribution < -0.4 is 4.90 Å². The number of carbonyl (C=O) groups excluding carboxylic acids is 2. The first kappa shape index (κ1) is 27.3. The predicted molar refractivity (Wildman–Crippen MR) is 141 cm³/mol. The zero-order chi connectivity index (χ0) is 26.7. The topological polar surface area (TPSA) is 107 Å². The van der Waals surface area contributed by atoms with Gasteiger partial charge >= 0.3 is 12.2 Å². The largest absolute Gasteiger partial charge is 0.467 e. The number of aromatic nitrogens is 2. The molecule has 0 radical (unpaired) electrons. The van der Waals surface area contributed by atoms with Crippen LogP contribution >= 0.6 is 11.3 Å². The molecule has 0 saturated heterocycles. The number of aryl methyl sites for hydroxylation is 1.